The highest BCUT2D eigenvalue weighted by atomic mass is 35.5. The average Bonchev–Trinajstić information content (AvgIpc) is 2.25. The Kier molecular flexibility index (Phi) is 3.24. The summed E-state index contributed by atoms with van der Waals surface area (Å²) in [7, 11) is 17.3. The van der Waals surface area contributed by atoms with Crippen LogP contribution in [0.15, 0.2) is 35.8 Å². The van der Waals surface area contributed by atoms with Gasteiger partial charge in [0, 0.05) is 5.02 Å². The minimum atomic E-state index is -1.39. The van der Waals surface area contributed by atoms with Crippen LogP contribution in [0.4, 0.5) is 0 Å². The van der Waals surface area contributed by atoms with Crippen LogP contribution in [-0.4, -0.2) is 29.3 Å². The first-order valence-electron chi connectivity index (χ1n) is 5.41. The van der Waals surface area contributed by atoms with Gasteiger partial charge in [-0.1, -0.05) is 46.6 Å². The van der Waals surface area contributed by atoms with E-state index in [0.29, 0.717) is 10.6 Å². The van der Waals surface area contributed by atoms with Crippen LogP contribution in [0, 0.1) is 0 Å². The molecule has 0 heterocycles. The summed E-state index contributed by atoms with van der Waals surface area (Å²) in [6.45, 7) is 0. The monoisotopic (exact) mass is 251 g/mol. The van der Waals surface area contributed by atoms with Crippen LogP contribution in [0.1, 0.15) is 12.0 Å². The molecule has 18 heavy (non-hydrogen) atoms. The summed E-state index contributed by atoms with van der Waals surface area (Å²) in [5, 5.41) is -0.842. The number of halogens is 1. The van der Waals surface area contributed by atoms with E-state index in [-0.39, 0.29) is 11.9 Å². The molecule has 2 rings (SSSR count). The Morgan fingerprint density at radius 1 is 1.28 bits per heavy atom. The predicted octanol–water partition coefficient (Wildman–Crippen LogP) is 0.972. The molecule has 1 aliphatic carbocycles. The van der Waals surface area contributed by atoms with E-state index in [1.165, 1.54) is 6.08 Å². The van der Waals surface area contributed by atoms with E-state index in [9.17, 15) is 4.79 Å². The molecule has 84 valence electrons. The third kappa shape index (κ3) is 2.17. The van der Waals surface area contributed by atoms with Gasteiger partial charge in [0.25, 0.3) is 0 Å². The lowest BCUT2D eigenvalue weighted by Crippen LogP contribution is -2.51. The number of nitrogens with two attached hydrogens (primary N) is 1. The van der Waals surface area contributed by atoms with Crippen LogP contribution < -0.4 is 5.73 Å². The van der Waals surface area contributed by atoms with Gasteiger partial charge in [-0.15, -0.1) is 0 Å². The van der Waals surface area contributed by atoms with Gasteiger partial charge in [-0.3, -0.25) is 4.79 Å². The summed E-state index contributed by atoms with van der Waals surface area (Å²) in [4.78, 5) is 12.2. The summed E-state index contributed by atoms with van der Waals surface area (Å²) in [5.41, 5.74) is 5.23. The molecule has 0 aliphatic heterocycles. The topological polar surface area (TPSA) is 43.1 Å². The molecule has 0 bridgehead atoms. The smallest absolute Gasteiger partial charge is 0.172 e. The molecule has 0 saturated heterocycles. The molecule has 1 aromatic carbocycles. The normalized spacial score (nSPS) is 26.8. The van der Waals surface area contributed by atoms with Crippen molar-refractivity contribution in [2.24, 2.45) is 5.73 Å². The van der Waals surface area contributed by atoms with Crippen LogP contribution in [0.2, 0.25) is 10.2 Å². The fourth-order valence-corrected chi connectivity index (χ4v) is 2.57. The molecule has 1 aromatic rings. The molecule has 1 unspecified atom stereocenters. The number of rotatable bonds is 1. The van der Waals surface area contributed by atoms with Crippen LogP contribution in [-0.2, 0) is 10.3 Å². The highest BCUT2D eigenvalue weighted by Crippen LogP contribution is 2.43. The van der Waals surface area contributed by atoms with Gasteiger partial charge in [-0.2, -0.15) is 0 Å². The first-order chi connectivity index (χ1) is 8.26. The summed E-state index contributed by atoms with van der Waals surface area (Å²) in [5.74, 6) is -0.415. The van der Waals surface area contributed by atoms with Crippen molar-refractivity contribution < 1.29 is 4.79 Å². The average molecular weight is 251 g/mol. The fraction of sp³-hybridized carbons (Fsp3) is 0.250. The number of carbonyl (C=O) groups is 1. The number of hydrogen-bond acceptors (Lipinski definition) is 2. The third-order valence-corrected chi connectivity index (χ3v) is 3.36. The van der Waals surface area contributed by atoms with Crippen molar-refractivity contribution in [3.05, 3.63) is 46.4 Å². The molecule has 2 nitrogen and oxygen atoms in total. The van der Waals surface area contributed by atoms with E-state index in [4.69, 9.17) is 40.9 Å². The van der Waals surface area contributed by atoms with E-state index in [0.717, 1.165) is 0 Å². The zero-order valence-corrected chi connectivity index (χ0v) is 10.4. The summed E-state index contributed by atoms with van der Waals surface area (Å²) in [6.07, 6.45) is 1.38. The Hall–Kier alpha value is -0.925. The zero-order chi connectivity index (χ0) is 13.6. The number of benzene rings is 1. The van der Waals surface area contributed by atoms with Crippen molar-refractivity contribution in [1.82, 2.24) is 0 Å². The SMILES string of the molecule is [B]C1=CC([B])([B])CC(N)(c2ccccc2Cl)C1=O. The van der Waals surface area contributed by atoms with E-state index < -0.39 is 16.5 Å². The second-order valence-corrected chi connectivity index (χ2v) is 5.08. The number of carbonyl (C=O) groups excluding carboxylic acids is 1. The molecule has 1 atom stereocenters. The van der Waals surface area contributed by atoms with Crippen molar-refractivity contribution in [2.75, 3.05) is 0 Å². The van der Waals surface area contributed by atoms with Gasteiger partial charge in [-0.05, 0) is 18.1 Å². The molecule has 0 spiro atoms. The molecule has 0 fully saturated rings. The van der Waals surface area contributed by atoms with E-state index in [2.05, 4.69) is 0 Å². The number of Topliss-reactive ketones (excluding diaryl/α,β-unsaturated/α-hetero) is 1. The lowest BCUT2D eigenvalue weighted by molar-refractivity contribution is -0.121. The van der Waals surface area contributed by atoms with Crippen LogP contribution in [0.5, 0.6) is 0 Å². The first kappa shape index (κ1) is 13.5. The van der Waals surface area contributed by atoms with Crippen molar-refractivity contribution in [1.29, 1.82) is 0 Å². The van der Waals surface area contributed by atoms with Gasteiger partial charge in [0.15, 0.2) is 5.78 Å². The Morgan fingerprint density at radius 2 is 1.89 bits per heavy atom. The first-order valence-corrected chi connectivity index (χ1v) is 5.79. The molecule has 1 aliphatic rings. The van der Waals surface area contributed by atoms with Gasteiger partial charge in [0.05, 0.1) is 15.7 Å². The quantitative estimate of drug-likeness (QED) is 0.756. The second kappa shape index (κ2) is 4.32. The highest BCUT2D eigenvalue weighted by Gasteiger charge is 2.44. The second-order valence-electron chi connectivity index (χ2n) is 4.67. The molecule has 0 amide bonds. The Labute approximate surface area is 115 Å². The van der Waals surface area contributed by atoms with Gasteiger partial charge < -0.3 is 5.73 Å². The van der Waals surface area contributed by atoms with Crippen LogP contribution >= 0.6 is 11.6 Å². The summed E-state index contributed by atoms with van der Waals surface area (Å²) < 4.78 is 0. The Balaban J connectivity index is 2.59. The van der Waals surface area contributed by atoms with E-state index in [1.54, 1.807) is 24.3 Å². The standard InChI is InChI=1S/C12H9B3ClNO/c13-8-5-11(14,15)6-12(17,10(8)18)7-3-1-2-4-9(7)16/h1-5H,6,17H2. The maximum Gasteiger partial charge on any atom is 0.172 e. The highest BCUT2D eigenvalue weighted by molar-refractivity contribution is 6.46. The van der Waals surface area contributed by atoms with Gasteiger partial charge >= 0.3 is 0 Å². The van der Waals surface area contributed by atoms with Crippen molar-refractivity contribution >= 4 is 40.9 Å². The van der Waals surface area contributed by atoms with E-state index in [1.807, 2.05) is 0 Å². The van der Waals surface area contributed by atoms with Crippen molar-refractivity contribution in [3.8, 4) is 0 Å². The van der Waals surface area contributed by atoms with Crippen LogP contribution in [0.3, 0.4) is 0 Å². The minimum Gasteiger partial charge on any atom is -0.315 e. The van der Waals surface area contributed by atoms with Gasteiger partial charge in [0.1, 0.15) is 13.4 Å². The Morgan fingerprint density at radius 3 is 2.50 bits per heavy atom. The fourth-order valence-electron chi connectivity index (χ4n) is 2.27. The molecule has 0 saturated carbocycles. The lowest BCUT2D eigenvalue weighted by Gasteiger charge is -2.41. The molecule has 6 heteroatoms. The molecular formula is C12H9B3ClNO. The molecular weight excluding hydrogens is 242 g/mol. The maximum absolute atomic E-state index is 12.2. The van der Waals surface area contributed by atoms with Gasteiger partial charge in [-0.25, -0.2) is 0 Å². The van der Waals surface area contributed by atoms with Crippen molar-refractivity contribution in [2.45, 2.75) is 17.2 Å². The molecule has 6 radical (unpaired) electrons. The molecule has 2 N–H and O–H groups in total. The number of hydrogen-bond donors (Lipinski definition) is 1. The zero-order valence-electron chi connectivity index (χ0n) is 9.69. The third-order valence-electron chi connectivity index (χ3n) is 3.03. The Bertz CT molecular complexity index is 544. The van der Waals surface area contributed by atoms with Crippen LogP contribution in [0.25, 0.3) is 0 Å². The minimum absolute atomic E-state index is 0.0336. The number of ketones is 1. The maximum atomic E-state index is 12.2. The van der Waals surface area contributed by atoms with E-state index >= 15 is 0 Å². The number of allylic oxidation sites excluding steroid dienone is 1. The van der Waals surface area contributed by atoms with Gasteiger partial charge in [0.2, 0.25) is 0 Å². The summed E-state index contributed by atoms with van der Waals surface area (Å²) in [6, 6.07) is 6.82. The predicted molar refractivity (Wildman–Crippen MR) is 75.0 cm³/mol. The largest absolute Gasteiger partial charge is 0.315 e. The summed E-state index contributed by atoms with van der Waals surface area (Å²) >= 11 is 6.08. The molecule has 0 aromatic heterocycles. The van der Waals surface area contributed by atoms with Crippen molar-refractivity contribution in [3.63, 3.8) is 0 Å². The lowest BCUT2D eigenvalue weighted by atomic mass is 9.45.